The summed E-state index contributed by atoms with van der Waals surface area (Å²) in [6.45, 7) is 3.62. The predicted molar refractivity (Wildman–Crippen MR) is 72.4 cm³/mol. The van der Waals surface area contributed by atoms with Crippen molar-refractivity contribution in [2.24, 2.45) is 0 Å². The van der Waals surface area contributed by atoms with E-state index in [2.05, 4.69) is 4.98 Å². The van der Waals surface area contributed by atoms with Gasteiger partial charge in [-0.1, -0.05) is 13.8 Å². The second kappa shape index (κ2) is 6.83. The Bertz CT molecular complexity index is 529. The van der Waals surface area contributed by atoms with Crippen LogP contribution in [0.2, 0.25) is 0 Å². The van der Waals surface area contributed by atoms with Gasteiger partial charge in [-0.25, -0.2) is 8.42 Å². The number of hydrogen-bond donors (Lipinski definition) is 2. The van der Waals surface area contributed by atoms with Gasteiger partial charge in [0.25, 0.3) is 0 Å². The Labute approximate surface area is 113 Å². The zero-order valence-electron chi connectivity index (χ0n) is 11.2. The third-order valence-corrected chi connectivity index (χ3v) is 4.98. The number of aromatic nitrogens is 1. The van der Waals surface area contributed by atoms with Crippen molar-refractivity contribution in [1.29, 1.82) is 0 Å². The van der Waals surface area contributed by atoms with E-state index in [0.29, 0.717) is 12.8 Å². The minimum atomic E-state index is -3.70. The highest BCUT2D eigenvalue weighted by molar-refractivity contribution is 7.89. The number of aliphatic hydroxyl groups is 1. The third kappa shape index (κ3) is 3.65. The van der Waals surface area contributed by atoms with Gasteiger partial charge in [0.05, 0.1) is 11.5 Å². The lowest BCUT2D eigenvalue weighted by molar-refractivity contribution is 0.219. The second-order valence-electron chi connectivity index (χ2n) is 4.20. The Hall–Kier alpha value is -1.18. The van der Waals surface area contributed by atoms with Crippen LogP contribution in [0.4, 0.5) is 0 Å². The Morgan fingerprint density at radius 1 is 1.32 bits per heavy atom. The minimum Gasteiger partial charge on any atom is -0.395 e. The van der Waals surface area contributed by atoms with E-state index in [1.165, 1.54) is 22.6 Å². The molecular formula is C12H20N2O4S. The molecule has 6 nitrogen and oxygen atoms in total. The number of rotatable bonds is 7. The van der Waals surface area contributed by atoms with E-state index in [1.807, 2.05) is 13.8 Å². The first kappa shape index (κ1) is 15.9. The average molecular weight is 288 g/mol. The van der Waals surface area contributed by atoms with Crippen molar-refractivity contribution in [2.45, 2.75) is 37.6 Å². The molecule has 0 amide bonds. The van der Waals surface area contributed by atoms with Crippen molar-refractivity contribution < 1.29 is 13.5 Å². The van der Waals surface area contributed by atoms with Crippen molar-refractivity contribution in [3.05, 3.63) is 28.7 Å². The smallest absolute Gasteiger partial charge is 0.247 e. The number of nitrogens with zero attached hydrogens (tertiary/aromatic N) is 1. The van der Waals surface area contributed by atoms with Gasteiger partial charge in [0.2, 0.25) is 15.6 Å². The van der Waals surface area contributed by atoms with Crippen molar-refractivity contribution >= 4 is 10.0 Å². The SMILES string of the molecule is CCC(CC)N(CCO)S(=O)(=O)c1ccc(=O)[nH]c1. The van der Waals surface area contributed by atoms with E-state index < -0.39 is 10.0 Å². The molecule has 0 saturated carbocycles. The molecule has 0 aliphatic heterocycles. The van der Waals surface area contributed by atoms with Crippen LogP contribution >= 0.6 is 0 Å². The fraction of sp³-hybridized carbons (Fsp3) is 0.583. The number of hydrogen-bond acceptors (Lipinski definition) is 4. The van der Waals surface area contributed by atoms with E-state index in [-0.39, 0.29) is 29.6 Å². The van der Waals surface area contributed by atoms with Gasteiger partial charge in [0.15, 0.2) is 0 Å². The lowest BCUT2D eigenvalue weighted by Gasteiger charge is -2.28. The summed E-state index contributed by atoms with van der Waals surface area (Å²) in [5.74, 6) is 0. The summed E-state index contributed by atoms with van der Waals surface area (Å²) in [5, 5.41) is 9.07. The summed E-state index contributed by atoms with van der Waals surface area (Å²) in [6, 6.07) is 2.29. The zero-order valence-corrected chi connectivity index (χ0v) is 12.0. The van der Waals surface area contributed by atoms with Crippen LogP contribution in [-0.4, -0.2) is 42.0 Å². The molecule has 0 bridgehead atoms. The Kier molecular flexibility index (Phi) is 5.71. The summed E-state index contributed by atoms with van der Waals surface area (Å²) in [4.78, 5) is 13.4. The van der Waals surface area contributed by atoms with Gasteiger partial charge >= 0.3 is 0 Å². The van der Waals surface area contributed by atoms with Crippen LogP contribution in [0, 0.1) is 0 Å². The Morgan fingerprint density at radius 2 is 1.95 bits per heavy atom. The first-order chi connectivity index (χ1) is 8.97. The Balaban J connectivity index is 3.19. The Morgan fingerprint density at radius 3 is 2.37 bits per heavy atom. The molecule has 2 N–H and O–H groups in total. The molecule has 0 aliphatic carbocycles. The monoisotopic (exact) mass is 288 g/mol. The molecule has 0 saturated heterocycles. The number of pyridine rings is 1. The topological polar surface area (TPSA) is 90.5 Å². The van der Waals surface area contributed by atoms with Crippen LogP contribution in [-0.2, 0) is 10.0 Å². The standard InChI is InChI=1S/C12H20N2O4S/c1-3-10(4-2)14(7-8-15)19(17,18)11-5-6-12(16)13-9-11/h5-6,9-10,15H,3-4,7-8H2,1-2H3,(H,13,16). The van der Waals surface area contributed by atoms with Gasteiger partial charge in [0, 0.05) is 24.8 Å². The molecule has 7 heteroatoms. The maximum absolute atomic E-state index is 12.5. The van der Waals surface area contributed by atoms with Crippen LogP contribution in [0.15, 0.2) is 28.0 Å². The van der Waals surface area contributed by atoms with Gasteiger partial charge < -0.3 is 10.1 Å². The number of sulfonamides is 1. The van der Waals surface area contributed by atoms with Crippen LogP contribution in [0.25, 0.3) is 0 Å². The molecule has 1 heterocycles. The lowest BCUT2D eigenvalue weighted by Crippen LogP contribution is -2.41. The highest BCUT2D eigenvalue weighted by atomic mass is 32.2. The summed E-state index contributed by atoms with van der Waals surface area (Å²) >= 11 is 0. The van der Waals surface area contributed by atoms with Crippen molar-refractivity contribution in [1.82, 2.24) is 9.29 Å². The highest BCUT2D eigenvalue weighted by Crippen LogP contribution is 2.19. The maximum Gasteiger partial charge on any atom is 0.247 e. The zero-order chi connectivity index (χ0) is 14.5. The molecule has 0 aliphatic rings. The van der Waals surface area contributed by atoms with Crippen molar-refractivity contribution in [2.75, 3.05) is 13.2 Å². The molecule has 0 radical (unpaired) electrons. The molecule has 0 fully saturated rings. The number of aromatic amines is 1. The molecule has 1 aromatic rings. The molecule has 0 atom stereocenters. The van der Waals surface area contributed by atoms with Crippen LogP contribution < -0.4 is 5.56 Å². The quantitative estimate of drug-likeness (QED) is 0.766. The van der Waals surface area contributed by atoms with Gasteiger partial charge in [0.1, 0.15) is 0 Å². The molecule has 0 spiro atoms. The molecule has 19 heavy (non-hydrogen) atoms. The lowest BCUT2D eigenvalue weighted by atomic mass is 10.2. The van der Waals surface area contributed by atoms with Crippen LogP contribution in [0.5, 0.6) is 0 Å². The maximum atomic E-state index is 12.5. The van der Waals surface area contributed by atoms with Gasteiger partial charge in [-0.15, -0.1) is 0 Å². The van der Waals surface area contributed by atoms with E-state index in [9.17, 15) is 13.2 Å². The third-order valence-electron chi connectivity index (χ3n) is 3.03. The summed E-state index contributed by atoms with van der Waals surface area (Å²) in [7, 11) is -3.70. The van der Waals surface area contributed by atoms with Crippen molar-refractivity contribution in [3.8, 4) is 0 Å². The minimum absolute atomic E-state index is 0.0347. The van der Waals surface area contributed by atoms with E-state index in [0.717, 1.165) is 0 Å². The van der Waals surface area contributed by atoms with E-state index in [1.54, 1.807) is 0 Å². The van der Waals surface area contributed by atoms with Gasteiger partial charge in [-0.3, -0.25) is 4.79 Å². The molecule has 0 unspecified atom stereocenters. The fourth-order valence-corrected chi connectivity index (χ4v) is 3.72. The van der Waals surface area contributed by atoms with Crippen LogP contribution in [0.1, 0.15) is 26.7 Å². The fourth-order valence-electron chi connectivity index (χ4n) is 1.99. The molecular weight excluding hydrogens is 268 g/mol. The average Bonchev–Trinajstić information content (AvgIpc) is 2.39. The van der Waals surface area contributed by atoms with Crippen LogP contribution in [0.3, 0.4) is 0 Å². The first-order valence-corrected chi connectivity index (χ1v) is 7.72. The summed E-state index contributed by atoms with van der Waals surface area (Å²) in [6.07, 6.45) is 2.52. The molecule has 108 valence electrons. The second-order valence-corrected chi connectivity index (χ2v) is 6.09. The summed E-state index contributed by atoms with van der Waals surface area (Å²) < 4.78 is 26.3. The first-order valence-electron chi connectivity index (χ1n) is 6.28. The summed E-state index contributed by atoms with van der Waals surface area (Å²) in [5.41, 5.74) is -0.352. The number of H-pyrrole nitrogens is 1. The number of nitrogens with one attached hydrogen (secondary N) is 1. The molecule has 0 aromatic carbocycles. The van der Waals surface area contributed by atoms with Crippen molar-refractivity contribution in [3.63, 3.8) is 0 Å². The van der Waals surface area contributed by atoms with Gasteiger partial charge in [-0.2, -0.15) is 4.31 Å². The predicted octanol–water partition coefficient (Wildman–Crippen LogP) is 0.547. The molecule has 1 aromatic heterocycles. The van der Waals surface area contributed by atoms with E-state index >= 15 is 0 Å². The molecule has 1 rings (SSSR count). The normalized spacial score (nSPS) is 12.3. The largest absolute Gasteiger partial charge is 0.395 e. The van der Waals surface area contributed by atoms with E-state index in [4.69, 9.17) is 5.11 Å². The van der Waals surface area contributed by atoms with Gasteiger partial charge in [-0.05, 0) is 18.9 Å². The number of aliphatic hydroxyl groups excluding tert-OH is 1. The highest BCUT2D eigenvalue weighted by Gasteiger charge is 2.29.